The molecule has 0 saturated carbocycles. The Bertz CT molecular complexity index is 729. The van der Waals surface area contributed by atoms with Crippen LogP contribution in [0.5, 0.6) is 5.75 Å². The summed E-state index contributed by atoms with van der Waals surface area (Å²) in [4.78, 5) is 14.5. The summed E-state index contributed by atoms with van der Waals surface area (Å²) in [5.41, 5.74) is 2.08. The summed E-state index contributed by atoms with van der Waals surface area (Å²) in [7, 11) is 1.67. The minimum absolute atomic E-state index is 0.0775. The molecule has 0 aliphatic rings. The SMILES string of the molecule is CN=C(NCCOc1ccc(C)cc1)NCc1cccc([N+](=O)[O-])c1. The molecule has 0 spiro atoms. The second-order valence-corrected chi connectivity index (χ2v) is 5.44. The third kappa shape index (κ3) is 6.14. The predicted molar refractivity (Wildman–Crippen MR) is 98.0 cm³/mol. The lowest BCUT2D eigenvalue weighted by Crippen LogP contribution is -2.38. The lowest BCUT2D eigenvalue weighted by atomic mass is 10.2. The van der Waals surface area contributed by atoms with E-state index in [1.165, 1.54) is 11.6 Å². The summed E-state index contributed by atoms with van der Waals surface area (Å²) in [6.45, 7) is 3.56. The zero-order valence-corrected chi connectivity index (χ0v) is 14.4. The average Bonchev–Trinajstić information content (AvgIpc) is 2.63. The first-order valence-corrected chi connectivity index (χ1v) is 7.96. The molecular weight excluding hydrogens is 320 g/mol. The molecule has 0 radical (unpaired) electrons. The van der Waals surface area contributed by atoms with Crippen LogP contribution in [0.25, 0.3) is 0 Å². The first kappa shape index (κ1) is 18.3. The minimum atomic E-state index is -0.404. The third-order valence-electron chi connectivity index (χ3n) is 3.49. The van der Waals surface area contributed by atoms with Crippen molar-refractivity contribution in [1.29, 1.82) is 0 Å². The zero-order valence-electron chi connectivity index (χ0n) is 14.4. The molecule has 2 rings (SSSR count). The first-order valence-electron chi connectivity index (χ1n) is 7.96. The van der Waals surface area contributed by atoms with Crippen LogP contribution >= 0.6 is 0 Å². The van der Waals surface area contributed by atoms with Crippen LogP contribution in [0, 0.1) is 17.0 Å². The molecule has 0 fully saturated rings. The van der Waals surface area contributed by atoms with Gasteiger partial charge in [-0.15, -0.1) is 0 Å². The maximum Gasteiger partial charge on any atom is 0.269 e. The average molecular weight is 342 g/mol. The number of aliphatic imine (C=N–C) groups is 1. The highest BCUT2D eigenvalue weighted by molar-refractivity contribution is 5.79. The van der Waals surface area contributed by atoms with Gasteiger partial charge in [-0.25, -0.2) is 0 Å². The number of benzene rings is 2. The Morgan fingerprint density at radius 3 is 2.64 bits per heavy atom. The summed E-state index contributed by atoms with van der Waals surface area (Å²) < 4.78 is 5.64. The predicted octanol–water partition coefficient (Wildman–Crippen LogP) is 2.65. The van der Waals surface area contributed by atoms with E-state index in [4.69, 9.17) is 4.74 Å². The van der Waals surface area contributed by atoms with E-state index in [1.54, 1.807) is 19.2 Å². The van der Waals surface area contributed by atoms with Gasteiger partial charge in [-0.1, -0.05) is 29.8 Å². The molecule has 2 aromatic carbocycles. The number of nitro groups is 1. The van der Waals surface area contributed by atoms with Gasteiger partial charge in [-0.3, -0.25) is 15.1 Å². The highest BCUT2D eigenvalue weighted by Crippen LogP contribution is 2.13. The summed E-state index contributed by atoms with van der Waals surface area (Å²) in [6, 6.07) is 14.4. The molecule has 0 saturated heterocycles. The lowest BCUT2D eigenvalue weighted by Gasteiger charge is -2.12. The van der Waals surface area contributed by atoms with Gasteiger partial charge in [0, 0.05) is 25.7 Å². The first-order chi connectivity index (χ1) is 12.1. The van der Waals surface area contributed by atoms with Gasteiger partial charge in [0.25, 0.3) is 5.69 Å². The van der Waals surface area contributed by atoms with Crippen LogP contribution in [-0.4, -0.2) is 31.1 Å². The van der Waals surface area contributed by atoms with Crippen molar-refractivity contribution < 1.29 is 9.66 Å². The number of guanidine groups is 1. The van der Waals surface area contributed by atoms with Gasteiger partial charge in [0.05, 0.1) is 11.5 Å². The zero-order chi connectivity index (χ0) is 18.1. The third-order valence-corrected chi connectivity index (χ3v) is 3.49. The number of non-ortho nitro benzene ring substituents is 1. The van der Waals surface area contributed by atoms with Gasteiger partial charge >= 0.3 is 0 Å². The molecule has 7 nitrogen and oxygen atoms in total. The minimum Gasteiger partial charge on any atom is -0.492 e. The van der Waals surface area contributed by atoms with Crippen LogP contribution < -0.4 is 15.4 Å². The Morgan fingerprint density at radius 2 is 1.96 bits per heavy atom. The van der Waals surface area contributed by atoms with Crippen molar-refractivity contribution in [2.24, 2.45) is 4.99 Å². The highest BCUT2D eigenvalue weighted by Gasteiger charge is 2.06. The smallest absolute Gasteiger partial charge is 0.269 e. The molecule has 0 amide bonds. The molecule has 25 heavy (non-hydrogen) atoms. The van der Waals surface area contributed by atoms with E-state index >= 15 is 0 Å². The summed E-state index contributed by atoms with van der Waals surface area (Å²) in [5, 5.41) is 17.1. The number of rotatable bonds is 7. The number of aryl methyl sites for hydroxylation is 1. The van der Waals surface area contributed by atoms with E-state index in [9.17, 15) is 10.1 Å². The monoisotopic (exact) mass is 342 g/mol. The number of hydrogen-bond acceptors (Lipinski definition) is 4. The van der Waals surface area contributed by atoms with Crippen LogP contribution in [0.2, 0.25) is 0 Å². The van der Waals surface area contributed by atoms with E-state index in [0.29, 0.717) is 25.7 Å². The molecule has 0 aromatic heterocycles. The van der Waals surface area contributed by atoms with Crippen LogP contribution in [0.1, 0.15) is 11.1 Å². The van der Waals surface area contributed by atoms with Crippen molar-refractivity contribution in [3.63, 3.8) is 0 Å². The number of nitro benzene ring substituents is 1. The molecule has 0 aliphatic carbocycles. The van der Waals surface area contributed by atoms with Crippen molar-refractivity contribution in [3.8, 4) is 5.75 Å². The quantitative estimate of drug-likeness (QED) is 0.265. The second-order valence-electron chi connectivity index (χ2n) is 5.44. The molecule has 2 aromatic rings. The number of hydrogen-bond donors (Lipinski definition) is 2. The molecule has 0 atom stereocenters. The van der Waals surface area contributed by atoms with Crippen molar-refractivity contribution in [2.75, 3.05) is 20.2 Å². The number of ether oxygens (including phenoxy) is 1. The Hall–Kier alpha value is -3.09. The van der Waals surface area contributed by atoms with E-state index in [2.05, 4.69) is 15.6 Å². The van der Waals surface area contributed by atoms with E-state index in [-0.39, 0.29) is 5.69 Å². The largest absolute Gasteiger partial charge is 0.492 e. The van der Waals surface area contributed by atoms with Crippen LogP contribution in [0.15, 0.2) is 53.5 Å². The van der Waals surface area contributed by atoms with Crippen molar-refractivity contribution in [2.45, 2.75) is 13.5 Å². The van der Waals surface area contributed by atoms with Crippen LogP contribution in [0.4, 0.5) is 5.69 Å². The van der Waals surface area contributed by atoms with E-state index in [1.807, 2.05) is 37.3 Å². The molecule has 7 heteroatoms. The molecule has 0 bridgehead atoms. The standard InChI is InChI=1S/C18H22N4O3/c1-14-6-8-17(9-7-14)25-11-10-20-18(19-2)21-13-15-4-3-5-16(12-15)22(23)24/h3-9,12H,10-11,13H2,1-2H3,(H2,19,20,21). The highest BCUT2D eigenvalue weighted by atomic mass is 16.6. The summed E-state index contributed by atoms with van der Waals surface area (Å²) in [6.07, 6.45) is 0. The van der Waals surface area contributed by atoms with Crippen LogP contribution in [0.3, 0.4) is 0 Å². The topological polar surface area (TPSA) is 88.8 Å². The van der Waals surface area contributed by atoms with Crippen molar-refractivity contribution in [3.05, 3.63) is 69.8 Å². The number of nitrogens with zero attached hydrogens (tertiary/aromatic N) is 2. The molecular formula is C18H22N4O3. The Balaban J connectivity index is 1.74. The fraction of sp³-hybridized carbons (Fsp3) is 0.278. The van der Waals surface area contributed by atoms with Gasteiger partial charge in [0.1, 0.15) is 12.4 Å². The van der Waals surface area contributed by atoms with Gasteiger partial charge in [0.2, 0.25) is 0 Å². The molecule has 0 unspecified atom stereocenters. The Morgan fingerprint density at radius 1 is 1.20 bits per heavy atom. The fourth-order valence-electron chi connectivity index (χ4n) is 2.16. The maximum absolute atomic E-state index is 10.8. The maximum atomic E-state index is 10.8. The lowest BCUT2D eigenvalue weighted by molar-refractivity contribution is -0.384. The molecule has 2 N–H and O–H groups in total. The number of nitrogens with one attached hydrogen (secondary N) is 2. The van der Waals surface area contributed by atoms with E-state index < -0.39 is 4.92 Å². The van der Waals surface area contributed by atoms with Gasteiger partial charge in [0.15, 0.2) is 5.96 Å². The van der Waals surface area contributed by atoms with Crippen molar-refractivity contribution in [1.82, 2.24) is 10.6 Å². The summed E-state index contributed by atoms with van der Waals surface area (Å²) >= 11 is 0. The van der Waals surface area contributed by atoms with Crippen LogP contribution in [-0.2, 0) is 6.54 Å². The molecule has 0 heterocycles. The van der Waals surface area contributed by atoms with E-state index in [0.717, 1.165) is 11.3 Å². The Kier molecular flexibility index (Phi) is 6.76. The normalized spacial score (nSPS) is 11.0. The van der Waals surface area contributed by atoms with Crippen molar-refractivity contribution >= 4 is 11.6 Å². The molecule has 0 aliphatic heterocycles. The van der Waals surface area contributed by atoms with Gasteiger partial charge in [-0.2, -0.15) is 0 Å². The fourth-order valence-corrected chi connectivity index (χ4v) is 2.16. The second kappa shape index (κ2) is 9.27. The Labute approximate surface area is 146 Å². The molecule has 132 valence electrons. The summed E-state index contributed by atoms with van der Waals surface area (Å²) in [5.74, 6) is 1.44. The van der Waals surface area contributed by atoms with Gasteiger partial charge in [-0.05, 0) is 24.6 Å². The van der Waals surface area contributed by atoms with Gasteiger partial charge < -0.3 is 15.4 Å².